The van der Waals surface area contributed by atoms with Crippen LogP contribution in [0.2, 0.25) is 0 Å². The molecular formula is C23H24N4O3. The summed E-state index contributed by atoms with van der Waals surface area (Å²) in [5, 5.41) is 0. The van der Waals surface area contributed by atoms with Gasteiger partial charge in [0.15, 0.2) is 5.65 Å². The van der Waals surface area contributed by atoms with Crippen LogP contribution < -0.4 is 5.73 Å². The lowest BCUT2D eigenvalue weighted by Crippen LogP contribution is -2.20. The second-order valence-corrected chi connectivity index (χ2v) is 7.13. The van der Waals surface area contributed by atoms with E-state index in [-0.39, 0.29) is 18.0 Å². The van der Waals surface area contributed by atoms with Crippen molar-refractivity contribution in [1.29, 1.82) is 0 Å². The first kappa shape index (κ1) is 19.8. The van der Waals surface area contributed by atoms with Crippen LogP contribution in [-0.4, -0.2) is 40.3 Å². The van der Waals surface area contributed by atoms with E-state index in [1.165, 1.54) is 0 Å². The van der Waals surface area contributed by atoms with E-state index < -0.39 is 12.1 Å². The van der Waals surface area contributed by atoms with Crippen molar-refractivity contribution < 1.29 is 14.3 Å². The van der Waals surface area contributed by atoms with Crippen LogP contribution in [0.1, 0.15) is 29.8 Å². The lowest BCUT2D eigenvalue weighted by molar-refractivity contribution is 0.0123. The number of aryl methyl sites for hydroxylation is 1. The standard InChI is InChI=1S/C23H24N4O3/c1-4-15-9-5-8-12-18(15)27-21(24)19(23(28)30-14(2)13-29-3)20-22(27)26-17-11-7-6-10-16(17)25-20/h5-12,14H,4,13,24H2,1-3H3. The molecule has 4 rings (SSSR count). The van der Waals surface area contributed by atoms with Crippen LogP contribution in [0.15, 0.2) is 48.5 Å². The van der Waals surface area contributed by atoms with Gasteiger partial charge in [0, 0.05) is 7.11 Å². The molecule has 0 saturated carbocycles. The summed E-state index contributed by atoms with van der Waals surface area (Å²) >= 11 is 0. The summed E-state index contributed by atoms with van der Waals surface area (Å²) in [6.07, 6.45) is 0.387. The summed E-state index contributed by atoms with van der Waals surface area (Å²) in [5.41, 5.74) is 11.1. The Morgan fingerprint density at radius 3 is 2.47 bits per heavy atom. The summed E-state index contributed by atoms with van der Waals surface area (Å²) < 4.78 is 12.4. The van der Waals surface area contributed by atoms with Gasteiger partial charge in [-0.3, -0.25) is 4.57 Å². The number of carbonyl (C=O) groups excluding carboxylic acids is 1. The number of esters is 1. The SMILES string of the molecule is CCc1ccccc1-n1c(N)c(C(=O)OC(C)COC)c2nc3ccccc3nc21. The fourth-order valence-electron chi connectivity index (χ4n) is 3.64. The number of carbonyl (C=O) groups is 1. The fraction of sp³-hybridized carbons (Fsp3) is 0.261. The molecule has 2 heterocycles. The largest absolute Gasteiger partial charge is 0.456 e. The molecule has 0 aliphatic carbocycles. The number of aromatic nitrogens is 3. The average Bonchev–Trinajstić information content (AvgIpc) is 3.02. The number of rotatable bonds is 6. The van der Waals surface area contributed by atoms with Crippen LogP contribution in [0.4, 0.5) is 5.82 Å². The van der Waals surface area contributed by atoms with Gasteiger partial charge in [-0.1, -0.05) is 37.3 Å². The number of methoxy groups -OCH3 is 1. The van der Waals surface area contributed by atoms with E-state index in [4.69, 9.17) is 25.2 Å². The zero-order valence-electron chi connectivity index (χ0n) is 17.3. The number of ether oxygens (including phenoxy) is 2. The second-order valence-electron chi connectivity index (χ2n) is 7.13. The first-order chi connectivity index (χ1) is 14.5. The number of para-hydroxylation sites is 3. The number of hydrogen-bond donors (Lipinski definition) is 1. The van der Waals surface area contributed by atoms with Crippen LogP contribution in [-0.2, 0) is 15.9 Å². The molecule has 1 atom stereocenters. The first-order valence-corrected chi connectivity index (χ1v) is 9.90. The Kier molecular flexibility index (Phi) is 5.37. The highest BCUT2D eigenvalue weighted by Crippen LogP contribution is 2.33. The highest BCUT2D eigenvalue weighted by Gasteiger charge is 2.27. The molecule has 0 aliphatic heterocycles. The van der Waals surface area contributed by atoms with Crippen molar-refractivity contribution in [3.63, 3.8) is 0 Å². The molecule has 30 heavy (non-hydrogen) atoms. The van der Waals surface area contributed by atoms with Crippen LogP contribution >= 0.6 is 0 Å². The van der Waals surface area contributed by atoms with Gasteiger partial charge >= 0.3 is 5.97 Å². The zero-order chi connectivity index (χ0) is 21.3. The molecule has 0 aliphatic rings. The third-order valence-electron chi connectivity index (χ3n) is 5.02. The monoisotopic (exact) mass is 404 g/mol. The van der Waals surface area contributed by atoms with Crippen LogP contribution in [0.5, 0.6) is 0 Å². The maximum absolute atomic E-state index is 13.1. The lowest BCUT2D eigenvalue weighted by atomic mass is 10.1. The minimum Gasteiger partial charge on any atom is -0.456 e. The van der Waals surface area contributed by atoms with E-state index in [0.29, 0.717) is 16.7 Å². The number of nitrogens with two attached hydrogens (primary N) is 1. The van der Waals surface area contributed by atoms with Gasteiger partial charge < -0.3 is 15.2 Å². The van der Waals surface area contributed by atoms with E-state index >= 15 is 0 Å². The molecule has 0 spiro atoms. The topological polar surface area (TPSA) is 92.3 Å². The molecule has 0 fully saturated rings. The van der Waals surface area contributed by atoms with Crippen molar-refractivity contribution in [3.8, 4) is 5.69 Å². The summed E-state index contributed by atoms with van der Waals surface area (Å²) in [7, 11) is 1.56. The van der Waals surface area contributed by atoms with Crippen molar-refractivity contribution in [2.24, 2.45) is 0 Å². The number of anilines is 1. The van der Waals surface area contributed by atoms with E-state index in [0.717, 1.165) is 23.2 Å². The maximum atomic E-state index is 13.1. The molecule has 2 aromatic heterocycles. The molecule has 1 unspecified atom stereocenters. The number of benzene rings is 2. The van der Waals surface area contributed by atoms with Gasteiger partial charge in [0.2, 0.25) is 0 Å². The third kappa shape index (κ3) is 3.37. The number of fused-ring (bicyclic) bond motifs is 2. The van der Waals surface area contributed by atoms with Crippen LogP contribution in [0.3, 0.4) is 0 Å². The highest BCUT2D eigenvalue weighted by molar-refractivity contribution is 6.09. The minimum absolute atomic E-state index is 0.220. The Morgan fingerprint density at radius 1 is 1.10 bits per heavy atom. The molecule has 4 aromatic rings. The molecule has 0 saturated heterocycles. The zero-order valence-corrected chi connectivity index (χ0v) is 17.3. The summed E-state index contributed by atoms with van der Waals surface area (Å²) in [5.74, 6) is -0.282. The molecule has 2 aromatic carbocycles. The average molecular weight is 404 g/mol. The van der Waals surface area contributed by atoms with E-state index in [2.05, 4.69) is 6.92 Å². The molecule has 154 valence electrons. The molecule has 7 nitrogen and oxygen atoms in total. The molecule has 0 radical (unpaired) electrons. The Labute approximate surface area is 174 Å². The molecular weight excluding hydrogens is 380 g/mol. The van der Waals surface area contributed by atoms with Crippen molar-refractivity contribution in [2.45, 2.75) is 26.4 Å². The van der Waals surface area contributed by atoms with E-state index in [9.17, 15) is 4.79 Å². The van der Waals surface area contributed by atoms with Crippen molar-refractivity contribution in [3.05, 3.63) is 59.7 Å². The normalized spacial score (nSPS) is 12.4. The van der Waals surface area contributed by atoms with Gasteiger partial charge in [0.1, 0.15) is 23.0 Å². The molecule has 2 N–H and O–H groups in total. The summed E-state index contributed by atoms with van der Waals surface area (Å²) in [4.78, 5) is 22.6. The Bertz CT molecular complexity index is 1230. The van der Waals surface area contributed by atoms with Crippen molar-refractivity contribution in [1.82, 2.24) is 14.5 Å². The molecule has 0 amide bonds. The maximum Gasteiger partial charge on any atom is 0.344 e. The number of nitrogens with zero attached hydrogens (tertiary/aromatic N) is 3. The Morgan fingerprint density at radius 2 is 1.77 bits per heavy atom. The number of nitrogen functional groups attached to an aromatic ring is 1. The van der Waals surface area contributed by atoms with Gasteiger partial charge in [-0.2, -0.15) is 0 Å². The van der Waals surface area contributed by atoms with E-state index in [1.54, 1.807) is 18.6 Å². The first-order valence-electron chi connectivity index (χ1n) is 9.90. The predicted molar refractivity (Wildman–Crippen MR) is 117 cm³/mol. The lowest BCUT2D eigenvalue weighted by Gasteiger charge is -2.13. The molecule has 0 bridgehead atoms. The molecule has 7 heteroatoms. The minimum atomic E-state index is -0.542. The second kappa shape index (κ2) is 8.12. The predicted octanol–water partition coefficient (Wildman–Crippen LogP) is 3.91. The van der Waals surface area contributed by atoms with Gasteiger partial charge in [-0.25, -0.2) is 14.8 Å². The fourth-order valence-corrected chi connectivity index (χ4v) is 3.64. The smallest absolute Gasteiger partial charge is 0.344 e. The summed E-state index contributed by atoms with van der Waals surface area (Å²) in [6.45, 7) is 4.13. The van der Waals surface area contributed by atoms with E-state index in [1.807, 2.05) is 48.5 Å². The van der Waals surface area contributed by atoms with Gasteiger partial charge in [-0.15, -0.1) is 0 Å². The Hall–Kier alpha value is -3.45. The van der Waals surface area contributed by atoms with Gasteiger partial charge in [0.05, 0.1) is 23.3 Å². The van der Waals surface area contributed by atoms with Crippen LogP contribution in [0, 0.1) is 0 Å². The van der Waals surface area contributed by atoms with Gasteiger partial charge in [-0.05, 0) is 37.1 Å². The highest BCUT2D eigenvalue weighted by atomic mass is 16.6. The number of hydrogen-bond acceptors (Lipinski definition) is 6. The summed E-state index contributed by atoms with van der Waals surface area (Å²) in [6, 6.07) is 15.5. The van der Waals surface area contributed by atoms with Crippen LogP contribution in [0.25, 0.3) is 27.9 Å². The quantitative estimate of drug-likeness (QED) is 0.490. The Balaban J connectivity index is 2.00. The van der Waals surface area contributed by atoms with Crippen molar-refractivity contribution >= 4 is 34.0 Å². The van der Waals surface area contributed by atoms with Crippen molar-refractivity contribution in [2.75, 3.05) is 19.5 Å². The van der Waals surface area contributed by atoms with Gasteiger partial charge in [0.25, 0.3) is 0 Å². The third-order valence-corrected chi connectivity index (χ3v) is 5.02.